The van der Waals surface area contributed by atoms with Crippen LogP contribution in [0.1, 0.15) is 39.0 Å². The molecule has 1 aliphatic heterocycles. The van der Waals surface area contributed by atoms with Crippen molar-refractivity contribution >= 4 is 19.9 Å². The van der Waals surface area contributed by atoms with Crippen LogP contribution in [0.2, 0.25) is 18.1 Å². The van der Waals surface area contributed by atoms with Crippen molar-refractivity contribution < 1.29 is 13.6 Å². The number of H-pyrrole nitrogens is 1. The molecule has 1 aromatic heterocycles. The Morgan fingerprint density at radius 3 is 2.62 bits per heavy atom. The molecule has 6 nitrogen and oxygen atoms in total. The monoisotopic (exact) mass is 406 g/mol. The maximum Gasteiger partial charge on any atom is 0.330 e. The van der Waals surface area contributed by atoms with E-state index in [4.69, 9.17) is 20.8 Å². The lowest BCUT2D eigenvalue weighted by Gasteiger charge is -2.39. The van der Waals surface area contributed by atoms with Crippen LogP contribution in [-0.2, 0) is 9.16 Å². The van der Waals surface area contributed by atoms with E-state index in [0.29, 0.717) is 5.56 Å². The van der Waals surface area contributed by atoms with Crippen molar-refractivity contribution in [2.45, 2.75) is 70.2 Å². The fraction of sp³-hybridized carbons (Fsp3) is 0.765. The molecule has 1 fully saturated rings. The molecule has 148 valence electrons. The normalized spacial score (nSPS) is 27.1. The summed E-state index contributed by atoms with van der Waals surface area (Å²) >= 11 is 6.08. The summed E-state index contributed by atoms with van der Waals surface area (Å²) in [5.41, 5.74) is -2.06. The van der Waals surface area contributed by atoms with E-state index >= 15 is 0 Å². The number of halogens is 2. The van der Waals surface area contributed by atoms with Gasteiger partial charge in [-0.3, -0.25) is 14.3 Å². The van der Waals surface area contributed by atoms with E-state index in [1.807, 2.05) is 0 Å². The van der Waals surface area contributed by atoms with Crippen molar-refractivity contribution in [3.05, 3.63) is 32.6 Å². The van der Waals surface area contributed by atoms with Crippen molar-refractivity contribution in [1.29, 1.82) is 0 Å². The van der Waals surface area contributed by atoms with Crippen molar-refractivity contribution in [3.8, 4) is 0 Å². The lowest BCUT2D eigenvalue weighted by atomic mass is 10.0. The molecule has 0 spiro atoms. The fourth-order valence-corrected chi connectivity index (χ4v) is 3.90. The quantitative estimate of drug-likeness (QED) is 0.602. The number of rotatable bonds is 5. The summed E-state index contributed by atoms with van der Waals surface area (Å²) in [4.78, 5) is 25.8. The molecular weight excluding hydrogens is 379 g/mol. The topological polar surface area (TPSA) is 73.3 Å². The molecule has 1 aliphatic rings. The van der Waals surface area contributed by atoms with Gasteiger partial charge >= 0.3 is 5.69 Å². The van der Waals surface area contributed by atoms with Gasteiger partial charge in [-0.15, -0.1) is 11.6 Å². The lowest BCUT2D eigenvalue weighted by molar-refractivity contribution is -0.0992. The number of hydrogen-bond donors (Lipinski definition) is 1. The third kappa shape index (κ3) is 3.98. The highest BCUT2D eigenvalue weighted by Crippen LogP contribution is 2.42. The van der Waals surface area contributed by atoms with Gasteiger partial charge in [-0.05, 0) is 25.1 Å². The van der Waals surface area contributed by atoms with Crippen LogP contribution < -0.4 is 11.2 Å². The molecule has 2 rings (SSSR count). The molecule has 0 saturated carbocycles. The zero-order valence-corrected chi connectivity index (χ0v) is 17.9. The SMILES string of the molecule is Cc1cn([C@H]2C[C@H](F)[C@@](CCl)(CO[Si](C)(C)C(C)(C)C)O2)c(=O)[nH]c1=O. The number of aryl methyl sites for hydroxylation is 1. The Kier molecular flexibility index (Phi) is 5.92. The molecule has 3 atom stereocenters. The third-order valence-corrected chi connectivity index (χ3v) is 10.4. The van der Waals surface area contributed by atoms with Crippen molar-refractivity contribution in [2.24, 2.45) is 0 Å². The maximum absolute atomic E-state index is 14.9. The van der Waals surface area contributed by atoms with Gasteiger partial charge in [-0.1, -0.05) is 20.8 Å². The Balaban J connectivity index is 2.26. The van der Waals surface area contributed by atoms with E-state index in [2.05, 4.69) is 38.8 Å². The van der Waals surface area contributed by atoms with Crippen LogP contribution in [0.25, 0.3) is 0 Å². The largest absolute Gasteiger partial charge is 0.414 e. The minimum absolute atomic E-state index is 0.0288. The average molecular weight is 407 g/mol. The summed E-state index contributed by atoms with van der Waals surface area (Å²) in [6.07, 6.45) is -0.861. The molecule has 0 aliphatic carbocycles. The van der Waals surface area contributed by atoms with Gasteiger partial charge in [0.1, 0.15) is 18.0 Å². The molecule has 0 bridgehead atoms. The van der Waals surface area contributed by atoms with E-state index in [1.165, 1.54) is 10.8 Å². The van der Waals surface area contributed by atoms with Gasteiger partial charge in [-0.25, -0.2) is 9.18 Å². The van der Waals surface area contributed by atoms with Crippen LogP contribution in [0.4, 0.5) is 4.39 Å². The summed E-state index contributed by atoms with van der Waals surface area (Å²) in [5.74, 6) is -0.0869. The van der Waals surface area contributed by atoms with E-state index in [-0.39, 0.29) is 23.9 Å². The summed E-state index contributed by atoms with van der Waals surface area (Å²) < 4.78 is 28.2. The Morgan fingerprint density at radius 2 is 2.08 bits per heavy atom. The summed E-state index contributed by atoms with van der Waals surface area (Å²) in [6.45, 7) is 12.0. The average Bonchev–Trinajstić information content (AvgIpc) is 2.85. The lowest BCUT2D eigenvalue weighted by Crippen LogP contribution is -2.50. The molecule has 1 N–H and O–H groups in total. The Hall–Kier alpha value is -0.963. The zero-order valence-electron chi connectivity index (χ0n) is 16.2. The first-order valence-electron chi connectivity index (χ1n) is 8.67. The second-order valence-corrected chi connectivity index (χ2v) is 13.6. The number of aromatic nitrogens is 2. The molecule has 0 radical (unpaired) electrons. The Labute approximate surface area is 158 Å². The van der Waals surface area contributed by atoms with E-state index < -0.39 is 37.6 Å². The first kappa shape index (κ1) is 21.3. The van der Waals surface area contributed by atoms with E-state index in [9.17, 15) is 14.0 Å². The molecule has 1 saturated heterocycles. The highest BCUT2D eigenvalue weighted by Gasteiger charge is 2.51. The summed E-state index contributed by atoms with van der Waals surface area (Å²) in [7, 11) is -2.12. The minimum Gasteiger partial charge on any atom is -0.414 e. The first-order chi connectivity index (χ1) is 11.8. The van der Waals surface area contributed by atoms with Crippen molar-refractivity contribution in [2.75, 3.05) is 12.5 Å². The third-order valence-electron chi connectivity index (χ3n) is 5.52. The number of ether oxygens (including phenoxy) is 1. The number of nitrogens with one attached hydrogen (secondary N) is 1. The Morgan fingerprint density at radius 1 is 1.46 bits per heavy atom. The smallest absolute Gasteiger partial charge is 0.330 e. The predicted molar refractivity (Wildman–Crippen MR) is 102 cm³/mol. The Bertz CT molecular complexity index is 773. The van der Waals surface area contributed by atoms with Gasteiger partial charge in [0.05, 0.1) is 12.5 Å². The molecule has 0 aromatic carbocycles. The van der Waals surface area contributed by atoms with Gasteiger partial charge in [0.2, 0.25) is 0 Å². The van der Waals surface area contributed by atoms with E-state index in [0.717, 1.165) is 0 Å². The van der Waals surface area contributed by atoms with Crippen LogP contribution in [0, 0.1) is 6.92 Å². The van der Waals surface area contributed by atoms with Gasteiger partial charge in [0, 0.05) is 18.2 Å². The summed E-state index contributed by atoms with van der Waals surface area (Å²) in [6, 6.07) is 0. The standard InChI is InChI=1S/C17H28ClFN2O4Si/c1-11-8-21(15(23)20-14(11)22)13-7-12(19)17(9-18,25-13)10-24-26(5,6)16(2,3)4/h8,12-13H,7,9-10H2,1-6H3,(H,20,22,23)/t12-,13+,17+/m0/s1. The second kappa shape index (κ2) is 7.22. The van der Waals surface area contributed by atoms with Crippen LogP contribution in [-0.4, -0.2) is 42.1 Å². The minimum atomic E-state index is -2.12. The number of aromatic amines is 1. The predicted octanol–water partition coefficient (Wildman–Crippen LogP) is 3.10. The molecule has 9 heteroatoms. The van der Waals surface area contributed by atoms with Crippen molar-refractivity contribution in [3.63, 3.8) is 0 Å². The van der Waals surface area contributed by atoms with Gasteiger partial charge < -0.3 is 9.16 Å². The second-order valence-electron chi connectivity index (χ2n) is 8.50. The maximum atomic E-state index is 14.9. The van der Waals surface area contributed by atoms with Crippen LogP contribution in [0.15, 0.2) is 15.8 Å². The van der Waals surface area contributed by atoms with Crippen LogP contribution in [0.5, 0.6) is 0 Å². The molecule has 2 heterocycles. The van der Waals surface area contributed by atoms with Crippen LogP contribution >= 0.6 is 11.6 Å². The molecule has 0 amide bonds. The van der Waals surface area contributed by atoms with Gasteiger partial charge in [-0.2, -0.15) is 0 Å². The van der Waals surface area contributed by atoms with Crippen LogP contribution in [0.3, 0.4) is 0 Å². The summed E-state index contributed by atoms with van der Waals surface area (Å²) in [5, 5.41) is -0.0305. The number of alkyl halides is 2. The van der Waals surface area contributed by atoms with Crippen molar-refractivity contribution in [1.82, 2.24) is 9.55 Å². The zero-order chi connectivity index (χ0) is 19.9. The van der Waals surface area contributed by atoms with Gasteiger partial charge in [0.25, 0.3) is 5.56 Å². The first-order valence-corrected chi connectivity index (χ1v) is 12.1. The van der Waals surface area contributed by atoms with Gasteiger partial charge in [0.15, 0.2) is 8.32 Å². The number of hydrogen-bond acceptors (Lipinski definition) is 4. The van der Waals surface area contributed by atoms with E-state index in [1.54, 1.807) is 6.92 Å². The molecule has 0 unspecified atom stereocenters. The molecule has 1 aromatic rings. The fourth-order valence-electron chi connectivity index (χ4n) is 2.55. The molecular formula is C17H28ClFN2O4Si. The highest BCUT2D eigenvalue weighted by atomic mass is 35.5. The highest BCUT2D eigenvalue weighted by molar-refractivity contribution is 6.74. The molecule has 26 heavy (non-hydrogen) atoms. The number of nitrogens with zero attached hydrogens (tertiary/aromatic N) is 1.